The summed E-state index contributed by atoms with van der Waals surface area (Å²) in [4.78, 5) is 4.51. The fourth-order valence-electron chi connectivity index (χ4n) is 6.19. The van der Waals surface area contributed by atoms with E-state index < -0.39 is 0 Å². The van der Waals surface area contributed by atoms with Crippen molar-refractivity contribution in [2.45, 2.75) is 0 Å². The molecule has 0 unspecified atom stereocenters. The van der Waals surface area contributed by atoms with Crippen molar-refractivity contribution in [3.63, 3.8) is 0 Å². The zero-order valence-electron chi connectivity index (χ0n) is 23.0. The molecule has 7 aromatic carbocycles. The molecule has 0 atom stereocenters. The largest absolute Gasteiger partial charge is 0.256 e. The third kappa shape index (κ3) is 4.24. The molecule has 0 aliphatic heterocycles. The van der Waals surface area contributed by atoms with E-state index in [9.17, 15) is 0 Å². The van der Waals surface area contributed by atoms with Gasteiger partial charge in [0.1, 0.15) is 0 Å². The highest BCUT2D eigenvalue weighted by Crippen LogP contribution is 2.37. The van der Waals surface area contributed by atoms with Crippen LogP contribution >= 0.6 is 0 Å². The van der Waals surface area contributed by atoms with Gasteiger partial charge in [-0.3, -0.25) is 4.98 Å². The predicted molar refractivity (Wildman–Crippen MR) is 178 cm³/mol. The lowest BCUT2D eigenvalue weighted by atomic mass is 9.91. The van der Waals surface area contributed by atoms with Crippen molar-refractivity contribution in [1.29, 1.82) is 0 Å². The maximum absolute atomic E-state index is 4.51. The number of hydrogen-bond donors (Lipinski definition) is 0. The number of nitrogens with zero attached hydrogens (tertiary/aromatic N) is 1. The average Bonchev–Trinajstić information content (AvgIpc) is 3.09. The summed E-state index contributed by atoms with van der Waals surface area (Å²) in [6, 6.07) is 56.8. The van der Waals surface area contributed by atoms with Crippen LogP contribution < -0.4 is 0 Å². The Bertz CT molecular complexity index is 2180. The Labute approximate surface area is 245 Å². The Kier molecular flexibility index (Phi) is 5.86. The van der Waals surface area contributed by atoms with Crippen LogP contribution in [-0.4, -0.2) is 4.98 Å². The molecule has 1 aromatic heterocycles. The summed E-state index contributed by atoms with van der Waals surface area (Å²) in [5.74, 6) is 0. The van der Waals surface area contributed by atoms with E-state index in [1.165, 1.54) is 65.7 Å². The zero-order chi connectivity index (χ0) is 27.9. The average molecular weight is 534 g/mol. The first kappa shape index (κ1) is 24.3. The molecule has 0 saturated heterocycles. The standard InChI is InChI=1S/C41H27N/c1-2-12-37-35(10-1)36-11-3-4-13-38(36)40-27-33(23-24-39(37)40)31-21-17-29(18-22-31)28-15-19-30(20-16-28)32-8-7-9-34(26-32)41-14-5-6-25-42-41/h1-27H. The van der Waals surface area contributed by atoms with Gasteiger partial charge in [-0.05, 0) is 90.0 Å². The molecule has 0 fully saturated rings. The minimum Gasteiger partial charge on any atom is -0.256 e. The van der Waals surface area contributed by atoms with Gasteiger partial charge in [0, 0.05) is 11.8 Å². The highest BCUT2D eigenvalue weighted by atomic mass is 14.7. The number of rotatable bonds is 4. The SMILES string of the molecule is c1ccc(-c2cccc(-c3ccc(-c4ccc(-c5ccc6c7ccccc7c7ccccc7c6c5)cc4)cc3)c2)nc1. The summed E-state index contributed by atoms with van der Waals surface area (Å²) in [5.41, 5.74) is 9.39. The van der Waals surface area contributed by atoms with Gasteiger partial charge in [-0.2, -0.15) is 0 Å². The lowest BCUT2D eigenvalue weighted by Gasteiger charge is -2.12. The van der Waals surface area contributed by atoms with E-state index in [4.69, 9.17) is 0 Å². The Morgan fingerprint density at radius 3 is 1.24 bits per heavy atom. The fourth-order valence-corrected chi connectivity index (χ4v) is 6.19. The van der Waals surface area contributed by atoms with Gasteiger partial charge in [0.2, 0.25) is 0 Å². The number of aromatic nitrogens is 1. The smallest absolute Gasteiger partial charge is 0.0702 e. The summed E-state index contributed by atoms with van der Waals surface area (Å²) in [6.07, 6.45) is 1.84. The van der Waals surface area contributed by atoms with Crippen LogP contribution in [0.15, 0.2) is 164 Å². The molecule has 0 saturated carbocycles. The third-order valence-corrected chi connectivity index (χ3v) is 8.34. The van der Waals surface area contributed by atoms with Crippen LogP contribution in [0.25, 0.3) is 77.0 Å². The molecule has 1 heterocycles. The Balaban J connectivity index is 1.11. The van der Waals surface area contributed by atoms with Crippen molar-refractivity contribution in [2.24, 2.45) is 0 Å². The van der Waals surface area contributed by atoms with Crippen molar-refractivity contribution in [2.75, 3.05) is 0 Å². The molecule has 196 valence electrons. The maximum Gasteiger partial charge on any atom is 0.0702 e. The number of hydrogen-bond acceptors (Lipinski definition) is 1. The van der Waals surface area contributed by atoms with Crippen molar-refractivity contribution in [3.05, 3.63) is 164 Å². The summed E-state index contributed by atoms with van der Waals surface area (Å²) in [5, 5.41) is 7.82. The van der Waals surface area contributed by atoms with E-state index in [1.54, 1.807) is 0 Å². The monoisotopic (exact) mass is 533 g/mol. The van der Waals surface area contributed by atoms with E-state index in [0.29, 0.717) is 0 Å². The maximum atomic E-state index is 4.51. The topological polar surface area (TPSA) is 12.9 Å². The van der Waals surface area contributed by atoms with E-state index in [0.717, 1.165) is 11.3 Å². The second kappa shape index (κ2) is 10.1. The van der Waals surface area contributed by atoms with E-state index >= 15 is 0 Å². The van der Waals surface area contributed by atoms with E-state index in [1.807, 2.05) is 24.4 Å². The number of pyridine rings is 1. The van der Waals surface area contributed by atoms with Gasteiger partial charge in [0.15, 0.2) is 0 Å². The van der Waals surface area contributed by atoms with Crippen LogP contribution in [0.3, 0.4) is 0 Å². The molecular weight excluding hydrogens is 506 g/mol. The minimum atomic E-state index is 0.990. The quantitative estimate of drug-likeness (QED) is 0.205. The third-order valence-electron chi connectivity index (χ3n) is 8.34. The van der Waals surface area contributed by atoms with Gasteiger partial charge >= 0.3 is 0 Å². The first-order valence-electron chi connectivity index (χ1n) is 14.4. The normalized spacial score (nSPS) is 11.3. The molecule has 0 aliphatic carbocycles. The van der Waals surface area contributed by atoms with Gasteiger partial charge in [-0.1, -0.05) is 133 Å². The molecule has 0 aliphatic rings. The summed E-state index contributed by atoms with van der Waals surface area (Å²) in [7, 11) is 0. The van der Waals surface area contributed by atoms with Crippen LogP contribution in [0, 0.1) is 0 Å². The zero-order valence-corrected chi connectivity index (χ0v) is 23.0. The van der Waals surface area contributed by atoms with Gasteiger partial charge in [0.05, 0.1) is 5.69 Å². The molecule has 1 nitrogen and oxygen atoms in total. The van der Waals surface area contributed by atoms with Crippen LogP contribution in [0.4, 0.5) is 0 Å². The Hall–Kier alpha value is -5.53. The number of benzene rings is 7. The molecule has 8 aromatic rings. The second-order valence-corrected chi connectivity index (χ2v) is 10.8. The Morgan fingerprint density at radius 1 is 0.262 bits per heavy atom. The molecule has 8 rings (SSSR count). The number of fused-ring (bicyclic) bond motifs is 6. The lowest BCUT2D eigenvalue weighted by molar-refractivity contribution is 1.33. The fraction of sp³-hybridized carbons (Fsp3) is 0. The van der Waals surface area contributed by atoms with Crippen molar-refractivity contribution >= 4 is 32.3 Å². The molecule has 0 N–H and O–H groups in total. The summed E-state index contributed by atoms with van der Waals surface area (Å²) in [6.45, 7) is 0. The van der Waals surface area contributed by atoms with E-state index in [2.05, 4.69) is 145 Å². The molecule has 1 heteroatoms. The van der Waals surface area contributed by atoms with Crippen molar-refractivity contribution < 1.29 is 0 Å². The van der Waals surface area contributed by atoms with Crippen LogP contribution in [-0.2, 0) is 0 Å². The van der Waals surface area contributed by atoms with Crippen LogP contribution in [0.5, 0.6) is 0 Å². The molecule has 0 amide bonds. The summed E-state index contributed by atoms with van der Waals surface area (Å²) < 4.78 is 0. The van der Waals surface area contributed by atoms with Crippen LogP contribution in [0.2, 0.25) is 0 Å². The Morgan fingerprint density at radius 2 is 0.690 bits per heavy atom. The van der Waals surface area contributed by atoms with Gasteiger partial charge < -0.3 is 0 Å². The predicted octanol–water partition coefficient (Wildman–Crippen LogP) is 11.2. The molecule has 42 heavy (non-hydrogen) atoms. The van der Waals surface area contributed by atoms with Crippen molar-refractivity contribution in [1.82, 2.24) is 4.98 Å². The minimum absolute atomic E-state index is 0.990. The molecule has 0 spiro atoms. The highest BCUT2D eigenvalue weighted by Gasteiger charge is 2.10. The van der Waals surface area contributed by atoms with E-state index in [-0.39, 0.29) is 0 Å². The van der Waals surface area contributed by atoms with Crippen molar-refractivity contribution in [3.8, 4) is 44.6 Å². The first-order chi connectivity index (χ1) is 20.8. The van der Waals surface area contributed by atoms with Gasteiger partial charge in [-0.15, -0.1) is 0 Å². The summed E-state index contributed by atoms with van der Waals surface area (Å²) >= 11 is 0. The van der Waals surface area contributed by atoms with Gasteiger partial charge in [0.25, 0.3) is 0 Å². The lowest BCUT2D eigenvalue weighted by Crippen LogP contribution is -1.86. The van der Waals surface area contributed by atoms with Gasteiger partial charge in [-0.25, -0.2) is 0 Å². The first-order valence-corrected chi connectivity index (χ1v) is 14.4. The molecular formula is C41H27N. The second-order valence-electron chi connectivity index (χ2n) is 10.8. The van der Waals surface area contributed by atoms with Crippen LogP contribution in [0.1, 0.15) is 0 Å². The highest BCUT2D eigenvalue weighted by molar-refractivity contribution is 6.25. The molecule has 0 bridgehead atoms. The molecule has 0 radical (unpaired) electrons.